The maximum absolute atomic E-state index is 13.0. The minimum atomic E-state index is -0.955. The summed E-state index contributed by atoms with van der Waals surface area (Å²) in [5.41, 5.74) is 1.22. The number of carbonyl (C=O) groups excluding carboxylic acids is 3. The van der Waals surface area contributed by atoms with Crippen LogP contribution in [0, 0.1) is 5.82 Å². The number of carbonyl (C=O) groups is 3. The van der Waals surface area contributed by atoms with Crippen LogP contribution >= 0.6 is 0 Å². The number of rotatable bonds is 6. The maximum Gasteiger partial charge on any atom is 0.328 e. The van der Waals surface area contributed by atoms with Gasteiger partial charge in [-0.1, -0.05) is 24.3 Å². The van der Waals surface area contributed by atoms with Crippen molar-refractivity contribution >= 4 is 23.5 Å². The second kappa shape index (κ2) is 8.75. The minimum absolute atomic E-state index is 0.140. The molecule has 2 rings (SSSR count). The van der Waals surface area contributed by atoms with Crippen LogP contribution in [-0.4, -0.2) is 30.9 Å². The highest BCUT2D eigenvalue weighted by atomic mass is 19.1. The number of amides is 2. The number of para-hydroxylation sites is 1. The van der Waals surface area contributed by atoms with Crippen LogP contribution in [0.3, 0.4) is 0 Å². The van der Waals surface area contributed by atoms with Crippen LogP contribution < -0.4 is 10.6 Å². The van der Waals surface area contributed by atoms with Crippen LogP contribution in [0.2, 0.25) is 0 Å². The lowest BCUT2D eigenvalue weighted by molar-refractivity contribution is -0.142. The van der Waals surface area contributed by atoms with Gasteiger partial charge in [0.15, 0.2) is 0 Å². The molecule has 2 aromatic rings. The number of benzene rings is 2. The van der Waals surface area contributed by atoms with Crippen molar-refractivity contribution in [3.05, 3.63) is 65.5 Å². The van der Waals surface area contributed by atoms with Crippen molar-refractivity contribution in [1.82, 2.24) is 5.32 Å². The Balaban J connectivity index is 2.20. The highest BCUT2D eigenvalue weighted by molar-refractivity contribution is 6.04. The SMILES string of the molecule is COC(=O)[C@@H](Cc1ccc(F)cc1)NC(=O)c1ccccc1NC(C)=O. The Labute approximate surface area is 150 Å². The number of esters is 1. The molecule has 0 aliphatic heterocycles. The van der Waals surface area contributed by atoms with Crippen LogP contribution in [0.15, 0.2) is 48.5 Å². The number of anilines is 1. The smallest absolute Gasteiger partial charge is 0.328 e. The lowest BCUT2D eigenvalue weighted by Gasteiger charge is -2.18. The highest BCUT2D eigenvalue weighted by Crippen LogP contribution is 2.16. The quantitative estimate of drug-likeness (QED) is 0.776. The van der Waals surface area contributed by atoms with Gasteiger partial charge >= 0.3 is 5.97 Å². The molecule has 136 valence electrons. The zero-order valence-electron chi connectivity index (χ0n) is 14.4. The minimum Gasteiger partial charge on any atom is -0.467 e. The summed E-state index contributed by atoms with van der Waals surface area (Å²) in [5, 5.41) is 5.17. The van der Waals surface area contributed by atoms with Crippen molar-refractivity contribution in [3.63, 3.8) is 0 Å². The first-order chi connectivity index (χ1) is 12.4. The summed E-state index contributed by atoms with van der Waals surface area (Å²) in [7, 11) is 1.22. The van der Waals surface area contributed by atoms with Gasteiger partial charge in [-0.3, -0.25) is 9.59 Å². The molecule has 0 saturated heterocycles. The van der Waals surface area contributed by atoms with Crippen molar-refractivity contribution in [3.8, 4) is 0 Å². The van der Waals surface area contributed by atoms with Crippen molar-refractivity contribution in [1.29, 1.82) is 0 Å². The van der Waals surface area contributed by atoms with Crippen LogP contribution in [0.25, 0.3) is 0 Å². The van der Waals surface area contributed by atoms with Crippen molar-refractivity contribution in [2.75, 3.05) is 12.4 Å². The molecule has 0 fully saturated rings. The van der Waals surface area contributed by atoms with Gasteiger partial charge in [-0.15, -0.1) is 0 Å². The van der Waals surface area contributed by atoms with E-state index in [1.807, 2.05) is 0 Å². The van der Waals surface area contributed by atoms with Gasteiger partial charge in [-0.25, -0.2) is 9.18 Å². The highest BCUT2D eigenvalue weighted by Gasteiger charge is 2.24. The van der Waals surface area contributed by atoms with Gasteiger partial charge in [0.05, 0.1) is 18.4 Å². The van der Waals surface area contributed by atoms with E-state index in [-0.39, 0.29) is 17.9 Å². The third-order valence-electron chi connectivity index (χ3n) is 3.63. The summed E-state index contributed by atoms with van der Waals surface area (Å²) in [4.78, 5) is 35.9. The Morgan fingerprint density at radius 1 is 1.08 bits per heavy atom. The molecule has 0 spiro atoms. The standard InChI is InChI=1S/C19H19FN2O4/c1-12(23)21-16-6-4-3-5-15(16)18(24)22-17(19(25)26-2)11-13-7-9-14(20)10-8-13/h3-10,17H,11H2,1-2H3,(H,21,23)(H,22,24)/t17-/m1/s1. The molecular formula is C19H19FN2O4. The molecule has 0 heterocycles. The zero-order valence-corrected chi connectivity index (χ0v) is 14.4. The summed E-state index contributed by atoms with van der Waals surface area (Å²) < 4.78 is 17.8. The number of nitrogens with one attached hydrogen (secondary N) is 2. The van der Waals surface area contributed by atoms with E-state index in [1.54, 1.807) is 18.2 Å². The molecule has 2 N–H and O–H groups in total. The van der Waals surface area contributed by atoms with Crippen molar-refractivity contribution < 1.29 is 23.5 Å². The molecule has 0 bridgehead atoms. The normalized spacial score (nSPS) is 11.3. The molecule has 0 saturated carbocycles. The Hall–Kier alpha value is -3.22. The van der Waals surface area contributed by atoms with E-state index < -0.39 is 23.7 Å². The van der Waals surface area contributed by atoms with Gasteiger partial charge < -0.3 is 15.4 Å². The van der Waals surface area contributed by atoms with E-state index in [2.05, 4.69) is 10.6 Å². The van der Waals surface area contributed by atoms with Crippen LogP contribution in [0.1, 0.15) is 22.8 Å². The molecule has 26 heavy (non-hydrogen) atoms. The molecule has 1 atom stereocenters. The number of hydrogen-bond acceptors (Lipinski definition) is 4. The number of halogens is 1. The number of hydrogen-bond donors (Lipinski definition) is 2. The molecule has 7 heteroatoms. The molecule has 2 aromatic carbocycles. The first-order valence-corrected chi connectivity index (χ1v) is 7.90. The van der Waals surface area contributed by atoms with Gasteiger partial charge in [0.2, 0.25) is 5.91 Å². The van der Waals surface area contributed by atoms with E-state index in [4.69, 9.17) is 4.74 Å². The molecule has 0 aliphatic rings. The fourth-order valence-electron chi connectivity index (χ4n) is 2.41. The summed E-state index contributed by atoms with van der Waals surface area (Å²) >= 11 is 0. The van der Waals surface area contributed by atoms with Crippen LogP contribution in [0.5, 0.6) is 0 Å². The molecule has 0 aliphatic carbocycles. The number of methoxy groups -OCH3 is 1. The Bertz CT molecular complexity index is 805. The average molecular weight is 358 g/mol. The first-order valence-electron chi connectivity index (χ1n) is 7.90. The van der Waals surface area contributed by atoms with Gasteiger partial charge in [0, 0.05) is 13.3 Å². The average Bonchev–Trinajstić information content (AvgIpc) is 2.62. The van der Waals surface area contributed by atoms with E-state index in [0.29, 0.717) is 11.3 Å². The van der Waals surface area contributed by atoms with Gasteiger partial charge in [0.25, 0.3) is 5.91 Å². The fraction of sp³-hybridized carbons (Fsp3) is 0.211. The second-order valence-corrected chi connectivity index (χ2v) is 5.61. The summed E-state index contributed by atoms with van der Waals surface area (Å²) in [6.07, 6.45) is 0.140. The molecule has 0 aromatic heterocycles. The van der Waals surface area contributed by atoms with E-state index in [1.165, 1.54) is 44.4 Å². The number of ether oxygens (including phenoxy) is 1. The van der Waals surface area contributed by atoms with Crippen LogP contribution in [0.4, 0.5) is 10.1 Å². The predicted molar refractivity (Wildman–Crippen MR) is 94.1 cm³/mol. The molecule has 0 radical (unpaired) electrons. The second-order valence-electron chi connectivity index (χ2n) is 5.61. The van der Waals surface area contributed by atoms with Gasteiger partial charge in [0.1, 0.15) is 11.9 Å². The topological polar surface area (TPSA) is 84.5 Å². The summed E-state index contributed by atoms with van der Waals surface area (Å²) in [6, 6.07) is 11.1. The van der Waals surface area contributed by atoms with Gasteiger partial charge in [-0.05, 0) is 29.8 Å². The fourth-order valence-corrected chi connectivity index (χ4v) is 2.41. The first kappa shape index (κ1) is 19.1. The Morgan fingerprint density at radius 2 is 1.73 bits per heavy atom. The maximum atomic E-state index is 13.0. The van der Waals surface area contributed by atoms with Crippen molar-refractivity contribution in [2.45, 2.75) is 19.4 Å². The van der Waals surface area contributed by atoms with Crippen LogP contribution in [-0.2, 0) is 20.7 Å². The largest absolute Gasteiger partial charge is 0.467 e. The Kier molecular flexibility index (Phi) is 6.43. The van der Waals surface area contributed by atoms with E-state index in [0.717, 1.165) is 0 Å². The molecule has 0 unspecified atom stereocenters. The summed E-state index contributed by atoms with van der Waals surface area (Å²) in [5.74, 6) is -1.87. The van der Waals surface area contributed by atoms with E-state index in [9.17, 15) is 18.8 Å². The zero-order chi connectivity index (χ0) is 19.1. The Morgan fingerprint density at radius 3 is 2.35 bits per heavy atom. The van der Waals surface area contributed by atoms with Gasteiger partial charge in [-0.2, -0.15) is 0 Å². The molecule has 2 amide bonds. The molecule has 6 nitrogen and oxygen atoms in total. The van der Waals surface area contributed by atoms with E-state index >= 15 is 0 Å². The third-order valence-corrected chi connectivity index (χ3v) is 3.63. The lowest BCUT2D eigenvalue weighted by Crippen LogP contribution is -2.43. The monoisotopic (exact) mass is 358 g/mol. The lowest BCUT2D eigenvalue weighted by atomic mass is 10.0. The molecular weight excluding hydrogens is 339 g/mol. The van der Waals surface area contributed by atoms with Crippen molar-refractivity contribution in [2.24, 2.45) is 0 Å². The third kappa shape index (κ3) is 5.14. The summed E-state index contributed by atoms with van der Waals surface area (Å²) in [6.45, 7) is 1.33. The predicted octanol–water partition coefficient (Wildman–Crippen LogP) is 2.30.